The van der Waals surface area contributed by atoms with Crippen molar-refractivity contribution in [3.63, 3.8) is 0 Å². The minimum atomic E-state index is 0.646. The molecule has 0 saturated carbocycles. The van der Waals surface area contributed by atoms with E-state index in [2.05, 4.69) is 52.4 Å². The van der Waals surface area contributed by atoms with Crippen LogP contribution < -0.4 is 5.32 Å². The summed E-state index contributed by atoms with van der Waals surface area (Å²) in [6.07, 6.45) is 2.18. The van der Waals surface area contributed by atoms with Gasteiger partial charge in [0.25, 0.3) is 0 Å². The van der Waals surface area contributed by atoms with Gasteiger partial charge in [0, 0.05) is 15.8 Å². The van der Waals surface area contributed by atoms with E-state index in [4.69, 9.17) is 5.26 Å². The molecule has 2 rings (SSSR count). The number of benzene rings is 2. The molecule has 3 heteroatoms. The molecular formula is C16H15BrN2. The van der Waals surface area contributed by atoms with E-state index < -0.39 is 0 Å². The molecule has 0 amide bonds. The Bertz CT molecular complexity index is 614. The lowest BCUT2D eigenvalue weighted by Gasteiger charge is -2.12. The molecule has 0 aliphatic rings. The molecule has 0 bridgehead atoms. The van der Waals surface area contributed by atoms with Crippen molar-refractivity contribution in [1.29, 1.82) is 5.26 Å². The Morgan fingerprint density at radius 1 is 1.21 bits per heavy atom. The maximum Gasteiger partial charge on any atom is 0.100 e. The van der Waals surface area contributed by atoms with E-state index in [1.807, 2.05) is 24.3 Å². The first-order valence-corrected chi connectivity index (χ1v) is 7.08. The number of nitrogens with zero attached hydrogens (tertiary/aromatic N) is 1. The Balaban J connectivity index is 2.26. The van der Waals surface area contributed by atoms with Crippen molar-refractivity contribution < 1.29 is 0 Å². The fourth-order valence-electron chi connectivity index (χ4n) is 1.97. The summed E-state index contributed by atoms with van der Waals surface area (Å²) in [6, 6.07) is 16.1. The van der Waals surface area contributed by atoms with Crippen molar-refractivity contribution >= 4 is 27.3 Å². The third kappa shape index (κ3) is 3.36. The summed E-state index contributed by atoms with van der Waals surface area (Å²) in [6.45, 7) is 2.18. The molecule has 0 spiro atoms. The van der Waals surface area contributed by atoms with Crippen molar-refractivity contribution in [2.24, 2.45) is 0 Å². The van der Waals surface area contributed by atoms with Crippen LogP contribution in [0.3, 0.4) is 0 Å². The van der Waals surface area contributed by atoms with Crippen LogP contribution in [-0.4, -0.2) is 0 Å². The highest BCUT2D eigenvalue weighted by Gasteiger charge is 2.04. The first-order valence-electron chi connectivity index (χ1n) is 6.29. The van der Waals surface area contributed by atoms with E-state index in [1.165, 1.54) is 5.56 Å². The molecule has 0 unspecified atom stereocenters. The second-order valence-electron chi connectivity index (χ2n) is 4.34. The Morgan fingerprint density at radius 3 is 2.68 bits per heavy atom. The molecule has 2 aromatic carbocycles. The van der Waals surface area contributed by atoms with Gasteiger partial charge in [0.15, 0.2) is 0 Å². The number of hydrogen-bond acceptors (Lipinski definition) is 2. The van der Waals surface area contributed by atoms with Gasteiger partial charge in [-0.1, -0.05) is 31.5 Å². The molecular weight excluding hydrogens is 300 g/mol. The van der Waals surface area contributed by atoms with E-state index in [-0.39, 0.29) is 0 Å². The first-order chi connectivity index (χ1) is 9.24. The first kappa shape index (κ1) is 13.6. The number of aryl methyl sites for hydroxylation is 1. The number of nitrogens with one attached hydrogen (secondary N) is 1. The summed E-state index contributed by atoms with van der Waals surface area (Å²) in [5.74, 6) is 0. The fourth-order valence-corrected chi connectivity index (χ4v) is 2.44. The van der Waals surface area contributed by atoms with Crippen LogP contribution in [0.25, 0.3) is 0 Å². The summed E-state index contributed by atoms with van der Waals surface area (Å²) in [5.41, 5.74) is 4.06. The maximum atomic E-state index is 8.91. The average molecular weight is 315 g/mol. The highest BCUT2D eigenvalue weighted by atomic mass is 79.9. The lowest BCUT2D eigenvalue weighted by molar-refractivity contribution is 0.923. The standard InChI is InChI=1S/C16H15BrN2/c1-2-5-12-6-3-4-7-16(12)19-14-9-8-13(11-18)15(17)10-14/h3-4,6-10,19H,2,5H2,1H3. The molecule has 0 atom stereocenters. The number of para-hydroxylation sites is 1. The molecule has 1 N–H and O–H groups in total. The van der Waals surface area contributed by atoms with Crippen molar-refractivity contribution in [2.45, 2.75) is 19.8 Å². The Hall–Kier alpha value is -1.79. The summed E-state index contributed by atoms with van der Waals surface area (Å²) < 4.78 is 0.813. The van der Waals surface area contributed by atoms with Crippen LogP contribution in [0.4, 0.5) is 11.4 Å². The van der Waals surface area contributed by atoms with Gasteiger partial charge in [0.1, 0.15) is 6.07 Å². The van der Waals surface area contributed by atoms with Crippen LogP contribution in [0.1, 0.15) is 24.5 Å². The third-order valence-corrected chi connectivity index (χ3v) is 3.56. The lowest BCUT2D eigenvalue weighted by atomic mass is 10.1. The molecule has 0 saturated heterocycles. The zero-order chi connectivity index (χ0) is 13.7. The maximum absolute atomic E-state index is 8.91. The lowest BCUT2D eigenvalue weighted by Crippen LogP contribution is -1.96. The Labute approximate surface area is 122 Å². The van der Waals surface area contributed by atoms with E-state index in [0.29, 0.717) is 5.56 Å². The van der Waals surface area contributed by atoms with Crippen LogP contribution >= 0.6 is 15.9 Å². The van der Waals surface area contributed by atoms with E-state index in [9.17, 15) is 0 Å². The highest BCUT2D eigenvalue weighted by Crippen LogP contribution is 2.26. The topological polar surface area (TPSA) is 35.8 Å². The van der Waals surface area contributed by atoms with Gasteiger partial charge in [-0.15, -0.1) is 0 Å². The molecule has 0 heterocycles. The van der Waals surface area contributed by atoms with Crippen molar-refractivity contribution in [1.82, 2.24) is 0 Å². The second kappa shape index (κ2) is 6.40. The largest absolute Gasteiger partial charge is 0.355 e. The SMILES string of the molecule is CCCc1ccccc1Nc1ccc(C#N)c(Br)c1. The zero-order valence-electron chi connectivity index (χ0n) is 10.8. The minimum Gasteiger partial charge on any atom is -0.355 e. The summed E-state index contributed by atoms with van der Waals surface area (Å²) in [7, 11) is 0. The number of nitriles is 1. The van der Waals surface area contributed by atoms with Gasteiger partial charge in [0.05, 0.1) is 5.56 Å². The number of rotatable bonds is 4. The zero-order valence-corrected chi connectivity index (χ0v) is 12.4. The van der Waals surface area contributed by atoms with Gasteiger partial charge in [-0.2, -0.15) is 5.26 Å². The molecule has 0 fully saturated rings. The second-order valence-corrected chi connectivity index (χ2v) is 5.19. The number of hydrogen-bond donors (Lipinski definition) is 1. The minimum absolute atomic E-state index is 0.646. The quantitative estimate of drug-likeness (QED) is 0.860. The Morgan fingerprint density at radius 2 is 2.00 bits per heavy atom. The molecule has 0 aliphatic carbocycles. The summed E-state index contributed by atoms with van der Waals surface area (Å²) in [4.78, 5) is 0. The van der Waals surface area contributed by atoms with Crippen LogP contribution in [0.5, 0.6) is 0 Å². The van der Waals surface area contributed by atoms with Crippen molar-refractivity contribution in [3.8, 4) is 6.07 Å². The van der Waals surface area contributed by atoms with Gasteiger partial charge >= 0.3 is 0 Å². The van der Waals surface area contributed by atoms with Gasteiger partial charge in [-0.25, -0.2) is 0 Å². The molecule has 0 aromatic heterocycles. The van der Waals surface area contributed by atoms with Crippen molar-refractivity contribution in [2.75, 3.05) is 5.32 Å². The Kier molecular flexibility index (Phi) is 4.59. The fraction of sp³-hybridized carbons (Fsp3) is 0.188. The predicted octanol–water partition coefficient (Wildman–Crippen LogP) is 5.02. The monoisotopic (exact) mass is 314 g/mol. The van der Waals surface area contributed by atoms with Gasteiger partial charge in [-0.05, 0) is 52.2 Å². The molecule has 19 heavy (non-hydrogen) atoms. The van der Waals surface area contributed by atoms with Crippen LogP contribution in [0.15, 0.2) is 46.9 Å². The normalized spacial score (nSPS) is 9.95. The smallest absolute Gasteiger partial charge is 0.100 e. The van der Waals surface area contributed by atoms with Crippen LogP contribution in [-0.2, 0) is 6.42 Å². The average Bonchev–Trinajstić information content (AvgIpc) is 2.41. The summed E-state index contributed by atoms with van der Waals surface area (Å²) in [5, 5.41) is 12.3. The van der Waals surface area contributed by atoms with Crippen LogP contribution in [0, 0.1) is 11.3 Å². The number of anilines is 2. The molecule has 96 valence electrons. The van der Waals surface area contributed by atoms with Crippen molar-refractivity contribution in [3.05, 3.63) is 58.1 Å². The summed E-state index contributed by atoms with van der Waals surface area (Å²) >= 11 is 3.41. The molecule has 2 aromatic rings. The van der Waals surface area contributed by atoms with E-state index in [0.717, 1.165) is 28.7 Å². The molecule has 0 radical (unpaired) electrons. The van der Waals surface area contributed by atoms with E-state index >= 15 is 0 Å². The van der Waals surface area contributed by atoms with Gasteiger partial charge in [0.2, 0.25) is 0 Å². The van der Waals surface area contributed by atoms with Gasteiger partial charge in [-0.3, -0.25) is 0 Å². The number of halogens is 1. The van der Waals surface area contributed by atoms with Crippen LogP contribution in [0.2, 0.25) is 0 Å². The third-order valence-electron chi connectivity index (χ3n) is 2.91. The predicted molar refractivity (Wildman–Crippen MR) is 82.6 cm³/mol. The van der Waals surface area contributed by atoms with E-state index in [1.54, 1.807) is 0 Å². The van der Waals surface area contributed by atoms with Gasteiger partial charge < -0.3 is 5.32 Å². The molecule has 0 aliphatic heterocycles. The highest BCUT2D eigenvalue weighted by molar-refractivity contribution is 9.10. The molecule has 2 nitrogen and oxygen atoms in total.